The van der Waals surface area contributed by atoms with E-state index in [2.05, 4.69) is 36.8 Å². The maximum atomic E-state index is 4.70. The summed E-state index contributed by atoms with van der Waals surface area (Å²) in [7, 11) is 0. The fourth-order valence-electron chi connectivity index (χ4n) is 2.56. The minimum absolute atomic E-state index is 0.0962. The summed E-state index contributed by atoms with van der Waals surface area (Å²) in [5.74, 6) is 0.590. The summed E-state index contributed by atoms with van der Waals surface area (Å²) in [6, 6.07) is 0. The van der Waals surface area contributed by atoms with Crippen molar-refractivity contribution in [2.75, 3.05) is 19.6 Å². The number of rotatable bonds is 3. The third-order valence-corrected chi connectivity index (χ3v) is 4.62. The van der Waals surface area contributed by atoms with Crippen molar-refractivity contribution in [3.8, 4) is 0 Å². The van der Waals surface area contributed by atoms with Crippen LogP contribution in [0.2, 0.25) is 0 Å². The number of hydrogen-bond donors (Lipinski definition) is 2. The largest absolute Gasteiger partial charge is 0.316 e. The van der Waals surface area contributed by atoms with Gasteiger partial charge in [0.25, 0.3) is 0 Å². The highest BCUT2D eigenvalue weighted by Gasteiger charge is 2.41. The van der Waals surface area contributed by atoms with Gasteiger partial charge in [-0.25, -0.2) is 4.98 Å². The molecular weight excluding hydrogens is 218 g/mol. The molecule has 2 rings (SSSR count). The summed E-state index contributed by atoms with van der Waals surface area (Å²) in [5, 5.41) is 10.6. The van der Waals surface area contributed by atoms with Crippen molar-refractivity contribution in [3.63, 3.8) is 0 Å². The van der Waals surface area contributed by atoms with Crippen LogP contribution in [-0.4, -0.2) is 24.6 Å². The Morgan fingerprint density at radius 3 is 3.06 bits per heavy atom. The highest BCUT2D eigenvalue weighted by atomic mass is 32.1. The van der Waals surface area contributed by atoms with Crippen molar-refractivity contribution in [2.45, 2.75) is 32.7 Å². The molecule has 90 valence electrons. The molecule has 2 unspecified atom stereocenters. The van der Waals surface area contributed by atoms with Crippen LogP contribution in [-0.2, 0) is 5.54 Å². The van der Waals surface area contributed by atoms with Crippen molar-refractivity contribution in [2.24, 2.45) is 5.92 Å². The highest BCUT2D eigenvalue weighted by molar-refractivity contribution is 7.09. The van der Waals surface area contributed by atoms with Gasteiger partial charge in [0, 0.05) is 11.1 Å². The zero-order chi connectivity index (χ0) is 11.6. The summed E-state index contributed by atoms with van der Waals surface area (Å²) >= 11 is 1.80. The van der Waals surface area contributed by atoms with Crippen molar-refractivity contribution in [3.05, 3.63) is 16.1 Å². The second-order valence-electron chi connectivity index (χ2n) is 4.65. The van der Waals surface area contributed by atoms with Gasteiger partial charge in [-0.2, -0.15) is 0 Å². The summed E-state index contributed by atoms with van der Waals surface area (Å²) in [4.78, 5) is 4.70. The van der Waals surface area contributed by atoms with E-state index < -0.39 is 0 Å². The molecule has 0 amide bonds. The van der Waals surface area contributed by atoms with Crippen molar-refractivity contribution in [1.29, 1.82) is 0 Å². The van der Waals surface area contributed by atoms with Gasteiger partial charge in [0.05, 0.1) is 5.54 Å². The predicted octanol–water partition coefficient (Wildman–Crippen LogP) is 1.89. The van der Waals surface area contributed by atoms with Crippen LogP contribution >= 0.6 is 11.3 Å². The Hall–Kier alpha value is -0.450. The Bertz CT molecular complexity index is 346. The number of aryl methyl sites for hydroxylation is 1. The third kappa shape index (κ3) is 2.01. The average molecular weight is 239 g/mol. The van der Waals surface area contributed by atoms with Crippen LogP contribution in [0, 0.1) is 12.8 Å². The number of aromatic nitrogens is 1. The molecule has 0 aromatic carbocycles. The Balaban J connectivity index is 2.33. The molecule has 1 aromatic heterocycles. The van der Waals surface area contributed by atoms with Gasteiger partial charge in [0.1, 0.15) is 5.01 Å². The number of piperidine rings is 1. The van der Waals surface area contributed by atoms with Gasteiger partial charge in [0.2, 0.25) is 0 Å². The first-order valence-corrected chi connectivity index (χ1v) is 6.95. The van der Waals surface area contributed by atoms with Crippen LogP contribution in [0.25, 0.3) is 0 Å². The molecule has 2 heterocycles. The van der Waals surface area contributed by atoms with Gasteiger partial charge < -0.3 is 10.6 Å². The van der Waals surface area contributed by atoms with Gasteiger partial charge in [-0.05, 0) is 38.9 Å². The summed E-state index contributed by atoms with van der Waals surface area (Å²) in [6.45, 7) is 9.72. The van der Waals surface area contributed by atoms with E-state index in [1.165, 1.54) is 5.01 Å². The molecule has 1 aliphatic heterocycles. The quantitative estimate of drug-likeness (QED) is 0.846. The molecular formula is C12H21N3S. The molecule has 16 heavy (non-hydrogen) atoms. The smallest absolute Gasteiger partial charge is 0.113 e. The normalized spacial score (nSPS) is 30.6. The summed E-state index contributed by atoms with van der Waals surface area (Å²) in [6.07, 6.45) is 1.13. The lowest BCUT2D eigenvalue weighted by Crippen LogP contribution is -2.55. The summed E-state index contributed by atoms with van der Waals surface area (Å²) < 4.78 is 0. The van der Waals surface area contributed by atoms with E-state index in [1.807, 2.05) is 0 Å². The fourth-order valence-corrected chi connectivity index (χ4v) is 3.67. The van der Waals surface area contributed by atoms with Crippen LogP contribution in [0.3, 0.4) is 0 Å². The Labute approximate surface area is 102 Å². The Morgan fingerprint density at radius 1 is 1.69 bits per heavy atom. The van der Waals surface area contributed by atoms with E-state index in [9.17, 15) is 0 Å². The van der Waals surface area contributed by atoms with E-state index in [-0.39, 0.29) is 5.54 Å². The number of hydrogen-bond acceptors (Lipinski definition) is 4. The second kappa shape index (κ2) is 4.82. The number of nitrogens with zero attached hydrogens (tertiary/aromatic N) is 1. The standard InChI is InChI=1S/C12H21N3S/c1-4-14-12(5-6-13-7-9(12)2)11-15-10(3)8-16-11/h8-9,13-14H,4-7H2,1-3H3. The van der Waals surface area contributed by atoms with Crippen LogP contribution in [0.4, 0.5) is 0 Å². The minimum Gasteiger partial charge on any atom is -0.316 e. The lowest BCUT2D eigenvalue weighted by Gasteiger charge is -2.42. The van der Waals surface area contributed by atoms with E-state index in [0.717, 1.165) is 31.7 Å². The van der Waals surface area contributed by atoms with Crippen molar-refractivity contribution < 1.29 is 0 Å². The SMILES string of the molecule is CCNC1(c2nc(C)cs2)CCNCC1C. The first kappa shape index (κ1) is 12.0. The third-order valence-electron chi connectivity index (χ3n) is 3.48. The van der Waals surface area contributed by atoms with Crippen LogP contribution in [0.15, 0.2) is 5.38 Å². The number of thiazole rings is 1. The molecule has 0 saturated carbocycles. The molecule has 1 saturated heterocycles. The highest BCUT2D eigenvalue weighted by Crippen LogP contribution is 2.36. The molecule has 1 aromatic rings. The molecule has 0 radical (unpaired) electrons. The molecule has 1 fully saturated rings. The molecule has 0 spiro atoms. The second-order valence-corrected chi connectivity index (χ2v) is 5.51. The average Bonchev–Trinajstić information content (AvgIpc) is 2.69. The van der Waals surface area contributed by atoms with Gasteiger partial charge >= 0.3 is 0 Å². The minimum atomic E-state index is 0.0962. The molecule has 3 nitrogen and oxygen atoms in total. The zero-order valence-electron chi connectivity index (χ0n) is 10.3. The molecule has 2 N–H and O–H groups in total. The van der Waals surface area contributed by atoms with Gasteiger partial charge in [-0.1, -0.05) is 13.8 Å². The van der Waals surface area contributed by atoms with E-state index >= 15 is 0 Å². The molecule has 0 aliphatic carbocycles. The maximum absolute atomic E-state index is 4.70. The summed E-state index contributed by atoms with van der Waals surface area (Å²) in [5.41, 5.74) is 1.24. The lowest BCUT2D eigenvalue weighted by molar-refractivity contribution is 0.170. The van der Waals surface area contributed by atoms with E-state index in [4.69, 9.17) is 4.98 Å². The monoisotopic (exact) mass is 239 g/mol. The fraction of sp³-hybridized carbons (Fsp3) is 0.750. The van der Waals surface area contributed by atoms with Gasteiger partial charge in [-0.15, -0.1) is 11.3 Å². The predicted molar refractivity (Wildman–Crippen MR) is 68.9 cm³/mol. The maximum Gasteiger partial charge on any atom is 0.113 e. The van der Waals surface area contributed by atoms with Crippen LogP contribution < -0.4 is 10.6 Å². The van der Waals surface area contributed by atoms with E-state index in [1.54, 1.807) is 11.3 Å². The first-order chi connectivity index (χ1) is 7.69. The molecule has 4 heteroatoms. The van der Waals surface area contributed by atoms with Crippen molar-refractivity contribution >= 4 is 11.3 Å². The topological polar surface area (TPSA) is 37.0 Å². The Morgan fingerprint density at radius 2 is 2.50 bits per heavy atom. The lowest BCUT2D eigenvalue weighted by atomic mass is 9.80. The van der Waals surface area contributed by atoms with Crippen LogP contribution in [0.5, 0.6) is 0 Å². The van der Waals surface area contributed by atoms with Gasteiger partial charge in [-0.3, -0.25) is 0 Å². The van der Waals surface area contributed by atoms with Crippen LogP contribution in [0.1, 0.15) is 31.0 Å². The van der Waals surface area contributed by atoms with E-state index in [0.29, 0.717) is 5.92 Å². The van der Waals surface area contributed by atoms with Gasteiger partial charge in [0.15, 0.2) is 0 Å². The molecule has 0 bridgehead atoms. The first-order valence-electron chi connectivity index (χ1n) is 6.07. The molecule has 2 atom stereocenters. The number of nitrogens with one attached hydrogen (secondary N) is 2. The van der Waals surface area contributed by atoms with Crippen molar-refractivity contribution in [1.82, 2.24) is 15.6 Å². The Kier molecular flexibility index (Phi) is 3.62. The zero-order valence-corrected chi connectivity index (χ0v) is 11.2. The molecule has 1 aliphatic rings.